The second-order valence-corrected chi connectivity index (χ2v) is 10.3. The summed E-state index contributed by atoms with van der Waals surface area (Å²) in [5.74, 6) is 1.01. The summed E-state index contributed by atoms with van der Waals surface area (Å²) in [6.07, 6.45) is 5.15. The molecule has 1 saturated heterocycles. The first kappa shape index (κ1) is 21.2. The smallest absolute Gasteiger partial charge is 0.270 e. The Labute approximate surface area is 190 Å². The van der Waals surface area contributed by atoms with Gasteiger partial charge in [-0.2, -0.15) is 0 Å². The summed E-state index contributed by atoms with van der Waals surface area (Å²) in [4.78, 5) is 24.2. The number of aromatic nitrogens is 2. The van der Waals surface area contributed by atoms with Gasteiger partial charge in [-0.25, -0.2) is 9.97 Å². The molecule has 2 aliphatic carbocycles. The van der Waals surface area contributed by atoms with Crippen LogP contribution >= 0.6 is 0 Å². The van der Waals surface area contributed by atoms with Gasteiger partial charge in [-0.05, 0) is 66.3 Å². The second kappa shape index (κ2) is 8.03. The van der Waals surface area contributed by atoms with Gasteiger partial charge < -0.3 is 20.9 Å². The van der Waals surface area contributed by atoms with Crippen LogP contribution in [0, 0.1) is 16.7 Å². The zero-order valence-corrected chi connectivity index (χ0v) is 19.3. The summed E-state index contributed by atoms with van der Waals surface area (Å²) in [6, 6.07) is 10.2. The van der Waals surface area contributed by atoms with Gasteiger partial charge >= 0.3 is 0 Å². The molecule has 2 aromatic rings. The van der Waals surface area contributed by atoms with Gasteiger partial charge in [0.05, 0.1) is 0 Å². The Hall–Kier alpha value is -2.67. The summed E-state index contributed by atoms with van der Waals surface area (Å²) < 4.78 is 0. The largest absolute Gasteiger partial charge is 0.369 e. The lowest BCUT2D eigenvalue weighted by Gasteiger charge is -2.39. The van der Waals surface area contributed by atoms with Gasteiger partial charge in [-0.3, -0.25) is 4.79 Å². The SMILES string of the molecule is CC1(C)[C@H]2CC[C@@]1(C)[C@@H](NC(=O)c1ccnc(Nc3ccc(N4CCNCC4)cc3)n1)C2. The van der Waals surface area contributed by atoms with Crippen LogP contribution < -0.4 is 20.9 Å². The number of amides is 1. The van der Waals surface area contributed by atoms with E-state index in [9.17, 15) is 4.79 Å². The second-order valence-electron chi connectivity index (χ2n) is 10.3. The van der Waals surface area contributed by atoms with Crippen molar-refractivity contribution >= 4 is 23.2 Å². The van der Waals surface area contributed by atoms with Crippen LogP contribution in [0.15, 0.2) is 36.5 Å². The number of fused-ring (bicyclic) bond motifs is 2. The van der Waals surface area contributed by atoms with Crippen molar-refractivity contribution in [3.63, 3.8) is 0 Å². The topological polar surface area (TPSA) is 82.2 Å². The van der Waals surface area contributed by atoms with Gasteiger partial charge in [0.1, 0.15) is 5.69 Å². The fourth-order valence-corrected chi connectivity index (χ4v) is 6.01. The number of piperazine rings is 1. The van der Waals surface area contributed by atoms with Crippen molar-refractivity contribution < 1.29 is 4.79 Å². The number of anilines is 3. The Morgan fingerprint density at radius 2 is 1.88 bits per heavy atom. The molecule has 1 aromatic heterocycles. The van der Waals surface area contributed by atoms with E-state index >= 15 is 0 Å². The van der Waals surface area contributed by atoms with Gasteiger partial charge in [0.25, 0.3) is 5.91 Å². The van der Waals surface area contributed by atoms with Crippen molar-refractivity contribution in [2.24, 2.45) is 16.7 Å². The standard InChI is InChI=1S/C25H34N6O/c1-24(2)17-8-10-25(24,3)21(16-17)30-22(32)20-9-11-27-23(29-20)28-18-4-6-19(7-5-18)31-14-12-26-13-15-31/h4-7,9,11,17,21,26H,8,10,12-16H2,1-3H3,(H,30,32)(H,27,28,29)/t17-,21-,25-/m0/s1. The van der Waals surface area contributed by atoms with E-state index in [2.05, 4.69) is 63.7 Å². The van der Waals surface area contributed by atoms with E-state index in [1.165, 1.54) is 18.5 Å². The van der Waals surface area contributed by atoms with E-state index < -0.39 is 0 Å². The van der Waals surface area contributed by atoms with Crippen LogP contribution in [-0.4, -0.2) is 48.1 Å². The van der Waals surface area contributed by atoms with Gasteiger partial charge in [-0.15, -0.1) is 0 Å². The fourth-order valence-electron chi connectivity index (χ4n) is 6.01. The average molecular weight is 435 g/mol. The molecule has 3 N–H and O–H groups in total. The fraction of sp³-hybridized carbons (Fsp3) is 0.560. The molecule has 3 atom stereocenters. The number of carbonyl (C=O) groups excluding carboxylic acids is 1. The lowest BCUT2D eigenvalue weighted by Crippen LogP contribution is -2.47. The lowest BCUT2D eigenvalue weighted by molar-refractivity contribution is 0.0821. The first-order valence-electron chi connectivity index (χ1n) is 11.8. The number of nitrogens with one attached hydrogen (secondary N) is 3. The summed E-state index contributed by atoms with van der Waals surface area (Å²) >= 11 is 0. The monoisotopic (exact) mass is 434 g/mol. The van der Waals surface area contributed by atoms with E-state index in [0.717, 1.165) is 38.3 Å². The van der Waals surface area contributed by atoms with Gasteiger partial charge in [0.15, 0.2) is 0 Å². The first-order chi connectivity index (χ1) is 15.4. The van der Waals surface area contributed by atoms with Crippen LogP contribution in [0.1, 0.15) is 50.5 Å². The van der Waals surface area contributed by atoms with E-state index in [1.807, 2.05) is 12.1 Å². The predicted octanol–water partition coefficient (Wildman–Crippen LogP) is 3.57. The van der Waals surface area contributed by atoms with Crippen LogP contribution in [0.5, 0.6) is 0 Å². The molecule has 2 saturated carbocycles. The van der Waals surface area contributed by atoms with Crippen molar-refractivity contribution in [2.75, 3.05) is 36.4 Å². The van der Waals surface area contributed by atoms with Gasteiger partial charge in [-0.1, -0.05) is 20.8 Å². The third-order valence-corrected chi connectivity index (χ3v) is 8.59. The highest BCUT2D eigenvalue weighted by Crippen LogP contribution is 2.65. The molecule has 0 radical (unpaired) electrons. The molecule has 3 aliphatic rings. The van der Waals surface area contributed by atoms with Crippen LogP contribution in [-0.2, 0) is 0 Å². The molecule has 3 fully saturated rings. The minimum absolute atomic E-state index is 0.112. The number of rotatable bonds is 5. The van der Waals surface area contributed by atoms with Gasteiger partial charge in [0.2, 0.25) is 5.95 Å². The molecule has 0 spiro atoms. The molecule has 7 nitrogen and oxygen atoms in total. The maximum Gasteiger partial charge on any atom is 0.270 e. The molecular formula is C25H34N6O. The van der Waals surface area contributed by atoms with Crippen LogP contribution in [0.25, 0.3) is 0 Å². The summed E-state index contributed by atoms with van der Waals surface area (Å²) in [5, 5.41) is 9.90. The molecule has 2 heterocycles. The molecule has 0 unspecified atom stereocenters. The van der Waals surface area contributed by atoms with E-state index in [4.69, 9.17) is 0 Å². The predicted molar refractivity (Wildman–Crippen MR) is 127 cm³/mol. The third-order valence-electron chi connectivity index (χ3n) is 8.59. The lowest BCUT2D eigenvalue weighted by atomic mass is 9.69. The summed E-state index contributed by atoms with van der Waals surface area (Å²) in [5.41, 5.74) is 2.94. The van der Waals surface area contributed by atoms with Crippen LogP contribution in [0.4, 0.5) is 17.3 Å². The quantitative estimate of drug-likeness (QED) is 0.667. The first-order valence-corrected chi connectivity index (χ1v) is 11.8. The Morgan fingerprint density at radius 3 is 2.53 bits per heavy atom. The van der Waals surface area contributed by atoms with Crippen molar-refractivity contribution in [1.29, 1.82) is 0 Å². The van der Waals surface area contributed by atoms with Crippen LogP contribution in [0.2, 0.25) is 0 Å². The maximum absolute atomic E-state index is 13.0. The zero-order chi connectivity index (χ0) is 22.3. The molecule has 5 rings (SSSR count). The molecule has 7 heteroatoms. The molecule has 1 aromatic carbocycles. The highest BCUT2D eigenvalue weighted by molar-refractivity contribution is 5.92. The van der Waals surface area contributed by atoms with Crippen molar-refractivity contribution in [2.45, 2.75) is 46.1 Å². The highest BCUT2D eigenvalue weighted by atomic mass is 16.2. The Kier molecular flexibility index (Phi) is 5.32. The molecule has 170 valence electrons. The summed E-state index contributed by atoms with van der Waals surface area (Å²) in [6.45, 7) is 11.1. The number of hydrogen-bond acceptors (Lipinski definition) is 6. The highest BCUT2D eigenvalue weighted by Gasteiger charge is 2.61. The third kappa shape index (κ3) is 3.62. The Bertz CT molecular complexity index is 984. The van der Waals surface area contributed by atoms with E-state index in [1.54, 1.807) is 12.3 Å². The maximum atomic E-state index is 13.0. The number of benzene rings is 1. The minimum Gasteiger partial charge on any atom is -0.369 e. The molecule has 1 aliphatic heterocycles. The Morgan fingerprint density at radius 1 is 1.12 bits per heavy atom. The normalized spacial score (nSPS) is 28.5. The number of nitrogens with zero attached hydrogens (tertiary/aromatic N) is 3. The minimum atomic E-state index is -0.112. The number of hydrogen-bond donors (Lipinski definition) is 3. The van der Waals surface area contributed by atoms with Gasteiger partial charge in [0, 0.05) is 49.8 Å². The van der Waals surface area contributed by atoms with Crippen LogP contribution in [0.3, 0.4) is 0 Å². The average Bonchev–Trinajstić information content (AvgIpc) is 3.14. The van der Waals surface area contributed by atoms with E-state index in [-0.39, 0.29) is 22.8 Å². The summed E-state index contributed by atoms with van der Waals surface area (Å²) in [7, 11) is 0. The molecule has 32 heavy (non-hydrogen) atoms. The number of carbonyl (C=O) groups is 1. The molecular weight excluding hydrogens is 400 g/mol. The van der Waals surface area contributed by atoms with Crippen molar-refractivity contribution in [3.8, 4) is 0 Å². The van der Waals surface area contributed by atoms with Crippen molar-refractivity contribution in [1.82, 2.24) is 20.6 Å². The van der Waals surface area contributed by atoms with E-state index in [0.29, 0.717) is 17.6 Å². The Balaban J connectivity index is 1.24. The molecule has 1 amide bonds. The molecule has 2 bridgehead atoms. The van der Waals surface area contributed by atoms with Crippen molar-refractivity contribution in [3.05, 3.63) is 42.2 Å². The zero-order valence-electron chi connectivity index (χ0n) is 19.3.